The molecule has 5 N–H and O–H groups in total. The number of para-hydroxylation sites is 1. The minimum atomic E-state index is -5.21. The van der Waals surface area contributed by atoms with E-state index in [1.165, 1.54) is 41.1 Å². The van der Waals surface area contributed by atoms with Crippen molar-refractivity contribution in [2.75, 3.05) is 14.2 Å². The lowest BCUT2D eigenvalue weighted by atomic mass is 10.0. The Labute approximate surface area is 287 Å². The highest BCUT2D eigenvalue weighted by Crippen LogP contribution is 2.29. The molecule has 3 aromatic carbocycles. The molecule has 0 bridgehead atoms. The minimum Gasteiger partial charge on any atom is -0.493 e. The van der Waals surface area contributed by atoms with E-state index in [9.17, 15) is 32.3 Å². The molecule has 0 aliphatic heterocycles. The van der Waals surface area contributed by atoms with E-state index < -0.39 is 54.1 Å². The third-order valence-electron chi connectivity index (χ3n) is 6.96. The predicted molar refractivity (Wildman–Crippen MR) is 175 cm³/mol. The first-order valence-electron chi connectivity index (χ1n) is 15.2. The molecule has 4 amide bonds. The third-order valence-corrected chi connectivity index (χ3v) is 6.96. The van der Waals surface area contributed by atoms with Gasteiger partial charge in [-0.25, -0.2) is 26.5 Å². The van der Waals surface area contributed by atoms with Gasteiger partial charge in [-0.05, 0) is 68.3 Å². The lowest BCUT2D eigenvalue weighted by Crippen LogP contribution is -2.58. The van der Waals surface area contributed by atoms with Crippen molar-refractivity contribution in [3.8, 4) is 23.0 Å². The van der Waals surface area contributed by atoms with Crippen LogP contribution in [0.2, 0.25) is 0 Å². The number of ether oxygens (including phenoxy) is 4. The van der Waals surface area contributed by atoms with E-state index in [1.807, 2.05) is 6.07 Å². The van der Waals surface area contributed by atoms with Crippen LogP contribution in [-0.2, 0) is 32.0 Å². The molecule has 0 saturated heterocycles. The van der Waals surface area contributed by atoms with Gasteiger partial charge in [0.1, 0.15) is 23.1 Å². The van der Waals surface area contributed by atoms with Crippen LogP contribution in [0.15, 0.2) is 72.8 Å². The summed E-state index contributed by atoms with van der Waals surface area (Å²) in [5.74, 6) is 9.45. The summed E-state index contributed by atoms with van der Waals surface area (Å²) >= 11 is 0. The van der Waals surface area contributed by atoms with Gasteiger partial charge < -0.3 is 24.3 Å². The number of carbonyl (C=O) groups is 4. The highest BCUT2D eigenvalue weighted by atomic mass is 19.4. The Hall–Kier alpha value is -5.35. The molecule has 2 atom stereocenters. The van der Waals surface area contributed by atoms with Gasteiger partial charge in [-0.1, -0.05) is 36.4 Å². The van der Waals surface area contributed by atoms with Gasteiger partial charge >= 0.3 is 12.3 Å². The van der Waals surface area contributed by atoms with Crippen LogP contribution >= 0.6 is 0 Å². The number of alkyl halides is 3. The van der Waals surface area contributed by atoms with Crippen LogP contribution in [0.25, 0.3) is 0 Å². The molecule has 0 saturated carbocycles. The molecular formula is C34H40F3N5O8. The number of hydrazine groups is 2. The van der Waals surface area contributed by atoms with Crippen LogP contribution in [0, 0.1) is 0 Å². The maximum atomic E-state index is 14.0. The number of nitrogens with two attached hydrogens (primary N) is 2. The second-order valence-corrected chi connectivity index (χ2v) is 12.0. The summed E-state index contributed by atoms with van der Waals surface area (Å²) in [6.07, 6.45) is -8.79. The number of imide groups is 1. The molecule has 0 aromatic heterocycles. The fourth-order valence-electron chi connectivity index (χ4n) is 4.59. The molecule has 13 nitrogen and oxygen atoms in total. The molecule has 0 spiro atoms. The highest BCUT2D eigenvalue weighted by Gasteiger charge is 2.48. The molecular weight excluding hydrogens is 663 g/mol. The van der Waals surface area contributed by atoms with Crippen LogP contribution in [0.4, 0.5) is 18.0 Å². The summed E-state index contributed by atoms with van der Waals surface area (Å²) < 4.78 is 63.2. The van der Waals surface area contributed by atoms with Crippen molar-refractivity contribution < 1.29 is 51.3 Å². The highest BCUT2D eigenvalue weighted by molar-refractivity contribution is 5.99. The van der Waals surface area contributed by atoms with Crippen molar-refractivity contribution in [3.05, 3.63) is 83.9 Å². The van der Waals surface area contributed by atoms with Crippen molar-refractivity contribution >= 4 is 23.8 Å². The second-order valence-electron chi connectivity index (χ2n) is 12.0. The maximum Gasteiger partial charge on any atom is 0.425 e. The zero-order valence-corrected chi connectivity index (χ0v) is 28.2. The van der Waals surface area contributed by atoms with Gasteiger partial charge in [0.2, 0.25) is 11.8 Å². The number of hydrogen-bond donors (Lipinski definition) is 3. The van der Waals surface area contributed by atoms with E-state index in [0.717, 1.165) is 0 Å². The molecule has 270 valence electrons. The molecule has 3 rings (SSSR count). The van der Waals surface area contributed by atoms with Crippen molar-refractivity contribution in [2.24, 2.45) is 11.7 Å². The average Bonchev–Trinajstić information content (AvgIpc) is 3.05. The number of carbonyl (C=O) groups excluding carboxylic acids is 4. The van der Waals surface area contributed by atoms with E-state index >= 15 is 0 Å². The number of halogens is 3. The number of nitrogens with zero attached hydrogens (tertiary/aromatic N) is 2. The first-order chi connectivity index (χ1) is 23.4. The summed E-state index contributed by atoms with van der Waals surface area (Å²) in [6, 6.07) is 15.8. The molecule has 3 aromatic rings. The Morgan fingerprint density at radius 2 is 1.46 bits per heavy atom. The second kappa shape index (κ2) is 16.8. The summed E-state index contributed by atoms with van der Waals surface area (Å²) in [5.41, 5.74) is -0.268. The number of hydrogen-bond acceptors (Lipinski definition) is 10. The fraction of sp³-hybridized carbons (Fsp3) is 0.353. The molecule has 0 aliphatic carbocycles. The van der Waals surface area contributed by atoms with Crippen LogP contribution in [0.5, 0.6) is 23.0 Å². The molecule has 16 heteroatoms. The number of rotatable bonds is 13. The van der Waals surface area contributed by atoms with Crippen LogP contribution in [0.3, 0.4) is 0 Å². The Bertz CT molecular complexity index is 1650. The predicted octanol–water partition coefficient (Wildman–Crippen LogP) is 4.43. The lowest BCUT2D eigenvalue weighted by Gasteiger charge is -2.32. The van der Waals surface area contributed by atoms with E-state index in [-0.39, 0.29) is 28.6 Å². The third kappa shape index (κ3) is 11.4. The van der Waals surface area contributed by atoms with Crippen molar-refractivity contribution in [2.45, 2.75) is 63.9 Å². The first-order valence-corrected chi connectivity index (χ1v) is 15.2. The summed E-state index contributed by atoms with van der Waals surface area (Å²) in [7, 11) is 2.80. The van der Waals surface area contributed by atoms with Gasteiger partial charge in [0.25, 0.3) is 5.91 Å². The molecule has 50 heavy (non-hydrogen) atoms. The van der Waals surface area contributed by atoms with Gasteiger partial charge in [-0.3, -0.25) is 14.4 Å². The van der Waals surface area contributed by atoms with Crippen LogP contribution < -0.4 is 31.2 Å². The maximum absolute atomic E-state index is 14.0. The Balaban J connectivity index is 1.84. The van der Waals surface area contributed by atoms with Crippen LogP contribution in [0.1, 0.15) is 38.3 Å². The number of methoxy groups -OCH3 is 2. The standard InChI is InChI=1S/C34H40F3N5O8/c1-33(2,3)50-32(46)41(38)28(34(35,36)37)20-30(44)42(39)31(45)25(17-22-14-15-26(47-4)27(18-22)48-5)40-29(43)19-21-10-9-13-24(16-21)49-23-11-7-6-8-12-23/h6-16,18,25,28H,17,19-20,38-39H2,1-5H3,(H,40,43). The van der Waals surface area contributed by atoms with Crippen LogP contribution in [-0.4, -0.2) is 71.9 Å². The molecule has 0 fully saturated rings. The fourth-order valence-corrected chi connectivity index (χ4v) is 4.59. The largest absolute Gasteiger partial charge is 0.493 e. The summed E-state index contributed by atoms with van der Waals surface area (Å²) in [4.78, 5) is 52.2. The summed E-state index contributed by atoms with van der Waals surface area (Å²) in [6.45, 7) is 4.23. The molecule has 0 aliphatic rings. The van der Waals surface area contributed by atoms with E-state index in [0.29, 0.717) is 28.4 Å². The van der Waals surface area contributed by atoms with Gasteiger partial charge in [-0.2, -0.15) is 13.2 Å². The number of nitrogens with one attached hydrogen (secondary N) is 1. The van der Waals surface area contributed by atoms with E-state index in [1.54, 1.807) is 60.7 Å². The van der Waals surface area contributed by atoms with Crippen molar-refractivity contribution in [1.82, 2.24) is 15.3 Å². The normalized spacial score (nSPS) is 12.6. The number of benzene rings is 3. The molecule has 2 unspecified atom stereocenters. The SMILES string of the molecule is COc1ccc(CC(NC(=O)Cc2cccc(Oc3ccccc3)c2)C(=O)N(N)C(=O)CC(N(N)C(=O)OC(C)(C)C)C(F)(F)F)cc1OC. The Morgan fingerprint density at radius 3 is 2.06 bits per heavy atom. The zero-order valence-electron chi connectivity index (χ0n) is 28.2. The Kier molecular flexibility index (Phi) is 13.2. The Morgan fingerprint density at radius 1 is 0.820 bits per heavy atom. The number of amides is 4. The van der Waals surface area contributed by atoms with E-state index in [4.69, 9.17) is 30.6 Å². The van der Waals surface area contributed by atoms with E-state index in [2.05, 4.69) is 5.32 Å². The van der Waals surface area contributed by atoms with Gasteiger partial charge in [-0.15, -0.1) is 0 Å². The minimum absolute atomic E-state index is 0.0400. The molecule has 0 heterocycles. The summed E-state index contributed by atoms with van der Waals surface area (Å²) in [5, 5.41) is 2.21. The van der Waals surface area contributed by atoms with Gasteiger partial charge in [0.15, 0.2) is 17.5 Å². The smallest absolute Gasteiger partial charge is 0.425 e. The van der Waals surface area contributed by atoms with Gasteiger partial charge in [0.05, 0.1) is 27.1 Å². The quantitative estimate of drug-likeness (QED) is 0.131. The first kappa shape index (κ1) is 39.1. The molecule has 0 radical (unpaired) electrons. The van der Waals surface area contributed by atoms with Gasteiger partial charge in [0, 0.05) is 6.42 Å². The van der Waals surface area contributed by atoms with Crippen molar-refractivity contribution in [1.29, 1.82) is 0 Å². The zero-order chi connectivity index (χ0) is 37.2. The topological polar surface area (TPSA) is 176 Å². The van der Waals surface area contributed by atoms with Crippen molar-refractivity contribution in [3.63, 3.8) is 0 Å². The average molecular weight is 704 g/mol. The monoisotopic (exact) mass is 703 g/mol. The lowest BCUT2D eigenvalue weighted by molar-refractivity contribution is -0.187.